The summed E-state index contributed by atoms with van der Waals surface area (Å²) < 4.78 is 5.50. The topological polar surface area (TPSA) is 30.2 Å². The number of benzene rings is 1. The van der Waals surface area contributed by atoms with Gasteiger partial charge in [-0.3, -0.25) is 4.79 Å². The van der Waals surface area contributed by atoms with Crippen molar-refractivity contribution in [3.05, 3.63) is 60.1 Å². The Balaban J connectivity index is 2.20. The first-order chi connectivity index (χ1) is 9.09. The molecule has 1 aliphatic rings. The average Bonchev–Trinajstić information content (AvgIpc) is 2.99. The van der Waals surface area contributed by atoms with Crippen LogP contribution >= 0.6 is 0 Å². The smallest absolute Gasteiger partial charge is 0.169 e. The molecule has 0 aliphatic heterocycles. The third-order valence-electron chi connectivity index (χ3n) is 3.64. The van der Waals surface area contributed by atoms with Crippen LogP contribution < -0.4 is 0 Å². The maximum atomic E-state index is 12.6. The summed E-state index contributed by atoms with van der Waals surface area (Å²) in [7, 11) is 0. The molecule has 0 fully saturated rings. The first-order valence-corrected chi connectivity index (χ1v) is 6.47. The molecule has 1 aromatic heterocycles. The second-order valence-electron chi connectivity index (χ2n) is 5.59. The van der Waals surface area contributed by atoms with Gasteiger partial charge in [0, 0.05) is 16.6 Å². The van der Waals surface area contributed by atoms with Crippen LogP contribution in [-0.4, -0.2) is 5.78 Å². The molecule has 2 aromatic rings. The molecule has 0 saturated carbocycles. The van der Waals surface area contributed by atoms with Gasteiger partial charge in [0.2, 0.25) is 0 Å². The molecule has 0 atom stereocenters. The molecular formula is C17H16O2. The standard InChI is InChI=1S/C17H16O2/c1-17(2)11-13(14-9-6-10-19-14)15(16(17)18)12-7-4-3-5-8-12/h3-10H,11H2,1-2H3. The number of carbonyl (C=O) groups is 1. The molecule has 0 N–H and O–H groups in total. The lowest BCUT2D eigenvalue weighted by molar-refractivity contribution is -0.120. The Labute approximate surface area is 112 Å². The van der Waals surface area contributed by atoms with Crippen molar-refractivity contribution in [2.45, 2.75) is 20.3 Å². The molecule has 1 aromatic carbocycles. The van der Waals surface area contributed by atoms with Crippen LogP contribution in [0.5, 0.6) is 0 Å². The monoisotopic (exact) mass is 252 g/mol. The van der Waals surface area contributed by atoms with E-state index >= 15 is 0 Å². The molecule has 3 rings (SSSR count). The summed E-state index contributed by atoms with van der Waals surface area (Å²) in [6, 6.07) is 13.6. The van der Waals surface area contributed by atoms with E-state index < -0.39 is 0 Å². The van der Waals surface area contributed by atoms with Crippen molar-refractivity contribution in [2.75, 3.05) is 0 Å². The van der Waals surface area contributed by atoms with Gasteiger partial charge in [-0.25, -0.2) is 0 Å². The second kappa shape index (κ2) is 4.23. The van der Waals surface area contributed by atoms with Gasteiger partial charge in [0.15, 0.2) is 5.78 Å². The maximum Gasteiger partial charge on any atom is 0.169 e. The van der Waals surface area contributed by atoms with Crippen molar-refractivity contribution in [3.8, 4) is 0 Å². The van der Waals surface area contributed by atoms with Crippen molar-refractivity contribution in [2.24, 2.45) is 5.41 Å². The van der Waals surface area contributed by atoms with Crippen LogP contribution in [0.15, 0.2) is 53.1 Å². The minimum absolute atomic E-state index is 0.199. The molecule has 2 heteroatoms. The lowest BCUT2D eigenvalue weighted by Crippen LogP contribution is -2.19. The van der Waals surface area contributed by atoms with E-state index in [4.69, 9.17) is 4.42 Å². The van der Waals surface area contributed by atoms with Crippen molar-refractivity contribution < 1.29 is 9.21 Å². The molecule has 0 spiro atoms. The quantitative estimate of drug-likeness (QED) is 0.802. The van der Waals surface area contributed by atoms with Crippen LogP contribution in [0.4, 0.5) is 0 Å². The van der Waals surface area contributed by atoms with Crippen LogP contribution in [0, 0.1) is 5.41 Å². The minimum atomic E-state index is -0.354. The van der Waals surface area contributed by atoms with Crippen molar-refractivity contribution in [1.82, 2.24) is 0 Å². The lowest BCUT2D eigenvalue weighted by atomic mass is 9.86. The number of allylic oxidation sites excluding steroid dienone is 2. The summed E-state index contributed by atoms with van der Waals surface area (Å²) in [5.74, 6) is 1.00. The fraction of sp³-hybridized carbons (Fsp3) is 0.235. The largest absolute Gasteiger partial charge is 0.465 e. The number of rotatable bonds is 2. The van der Waals surface area contributed by atoms with Crippen LogP contribution in [-0.2, 0) is 4.79 Å². The van der Waals surface area contributed by atoms with Gasteiger partial charge in [-0.2, -0.15) is 0 Å². The average molecular weight is 252 g/mol. The number of hydrogen-bond acceptors (Lipinski definition) is 2. The highest BCUT2D eigenvalue weighted by Gasteiger charge is 2.41. The number of carbonyl (C=O) groups excluding carboxylic acids is 1. The van der Waals surface area contributed by atoms with E-state index in [9.17, 15) is 4.79 Å². The van der Waals surface area contributed by atoms with Crippen molar-refractivity contribution >= 4 is 16.9 Å². The van der Waals surface area contributed by atoms with Gasteiger partial charge < -0.3 is 4.42 Å². The van der Waals surface area contributed by atoms with E-state index in [1.165, 1.54) is 0 Å². The minimum Gasteiger partial charge on any atom is -0.465 e. The van der Waals surface area contributed by atoms with E-state index in [0.717, 1.165) is 28.9 Å². The summed E-state index contributed by atoms with van der Waals surface area (Å²) >= 11 is 0. The summed E-state index contributed by atoms with van der Waals surface area (Å²) in [6.45, 7) is 3.99. The van der Waals surface area contributed by atoms with Crippen LogP contribution in [0.2, 0.25) is 0 Å². The zero-order chi connectivity index (χ0) is 13.5. The molecule has 19 heavy (non-hydrogen) atoms. The first kappa shape index (κ1) is 12.0. The molecule has 0 bridgehead atoms. The molecular weight excluding hydrogens is 236 g/mol. The van der Waals surface area contributed by atoms with Crippen molar-refractivity contribution in [1.29, 1.82) is 0 Å². The summed E-state index contributed by atoms with van der Waals surface area (Å²) in [5, 5.41) is 0. The Morgan fingerprint density at radius 3 is 2.42 bits per heavy atom. The predicted molar refractivity (Wildman–Crippen MR) is 75.4 cm³/mol. The molecule has 96 valence electrons. The Hall–Kier alpha value is -2.09. The number of hydrogen-bond donors (Lipinski definition) is 0. The van der Waals surface area contributed by atoms with Gasteiger partial charge in [-0.15, -0.1) is 0 Å². The van der Waals surface area contributed by atoms with Gasteiger partial charge in [0.05, 0.1) is 6.26 Å². The third-order valence-corrected chi connectivity index (χ3v) is 3.64. The lowest BCUT2D eigenvalue weighted by Gasteiger charge is -2.15. The highest BCUT2D eigenvalue weighted by molar-refractivity contribution is 6.33. The Morgan fingerprint density at radius 1 is 1.05 bits per heavy atom. The fourth-order valence-corrected chi connectivity index (χ4v) is 2.66. The number of ketones is 1. The normalized spacial score (nSPS) is 18.1. The number of furan rings is 1. The molecule has 1 aliphatic carbocycles. The number of Topliss-reactive ketones (excluding diaryl/α,β-unsaturated/α-hetero) is 1. The fourth-order valence-electron chi connectivity index (χ4n) is 2.66. The summed E-state index contributed by atoms with van der Waals surface area (Å²) in [6.07, 6.45) is 2.38. The first-order valence-electron chi connectivity index (χ1n) is 6.47. The van der Waals surface area contributed by atoms with E-state index in [1.54, 1.807) is 6.26 Å². The zero-order valence-electron chi connectivity index (χ0n) is 11.1. The Kier molecular flexibility index (Phi) is 2.67. The SMILES string of the molecule is CC1(C)CC(c2ccco2)=C(c2ccccc2)C1=O. The molecule has 0 radical (unpaired) electrons. The van der Waals surface area contributed by atoms with Gasteiger partial charge in [0.25, 0.3) is 0 Å². The molecule has 0 unspecified atom stereocenters. The highest BCUT2D eigenvalue weighted by atomic mass is 16.3. The van der Waals surface area contributed by atoms with Crippen LogP contribution in [0.1, 0.15) is 31.6 Å². The van der Waals surface area contributed by atoms with Crippen molar-refractivity contribution in [3.63, 3.8) is 0 Å². The van der Waals surface area contributed by atoms with Gasteiger partial charge in [0.1, 0.15) is 5.76 Å². The van der Waals surface area contributed by atoms with E-state index in [-0.39, 0.29) is 11.2 Å². The van der Waals surface area contributed by atoms with Gasteiger partial charge in [-0.05, 0) is 24.1 Å². The molecule has 1 heterocycles. The molecule has 0 amide bonds. The Morgan fingerprint density at radius 2 is 1.79 bits per heavy atom. The van der Waals surface area contributed by atoms with Gasteiger partial charge in [-0.1, -0.05) is 44.2 Å². The summed E-state index contributed by atoms with van der Waals surface area (Å²) in [5.41, 5.74) is 2.45. The maximum absolute atomic E-state index is 12.6. The molecule has 0 saturated heterocycles. The van der Waals surface area contributed by atoms with Gasteiger partial charge >= 0.3 is 0 Å². The van der Waals surface area contributed by atoms with E-state index in [0.29, 0.717) is 0 Å². The third kappa shape index (κ3) is 1.93. The van der Waals surface area contributed by atoms with Crippen LogP contribution in [0.3, 0.4) is 0 Å². The predicted octanol–water partition coefficient (Wildman–Crippen LogP) is 4.19. The van der Waals surface area contributed by atoms with E-state index in [1.807, 2.05) is 56.3 Å². The Bertz CT molecular complexity index is 631. The van der Waals surface area contributed by atoms with E-state index in [2.05, 4.69) is 0 Å². The zero-order valence-corrected chi connectivity index (χ0v) is 11.1. The second-order valence-corrected chi connectivity index (χ2v) is 5.59. The summed E-state index contributed by atoms with van der Waals surface area (Å²) in [4.78, 5) is 12.6. The van der Waals surface area contributed by atoms with Crippen LogP contribution in [0.25, 0.3) is 11.1 Å². The highest BCUT2D eigenvalue weighted by Crippen LogP contribution is 2.46. The molecule has 2 nitrogen and oxygen atoms in total.